The molecule has 1 aliphatic carbocycles. The number of ether oxygens (including phenoxy) is 1. The molecule has 3 aromatic rings. The first-order valence-electron chi connectivity index (χ1n) is 11.0. The summed E-state index contributed by atoms with van der Waals surface area (Å²) < 4.78 is 6.06. The standard InChI is InChI=1S/C27H28N2O3/c30-25(19-32-26(21-12-6-2-7-13-21)22-14-8-3-9-15-22)29-24(27(31)28-23-16-17-23)18-20-10-4-1-5-11-20/h1-15,23-24,26H,16-19H2,(H,28,31)(H,29,30). The van der Waals surface area contributed by atoms with E-state index in [0.29, 0.717) is 6.42 Å². The first-order chi connectivity index (χ1) is 15.7. The lowest BCUT2D eigenvalue weighted by Crippen LogP contribution is -2.49. The second-order valence-electron chi connectivity index (χ2n) is 8.11. The van der Waals surface area contributed by atoms with E-state index in [1.54, 1.807) is 0 Å². The van der Waals surface area contributed by atoms with Gasteiger partial charge in [-0.2, -0.15) is 0 Å². The van der Waals surface area contributed by atoms with Gasteiger partial charge in [0.25, 0.3) is 0 Å². The van der Waals surface area contributed by atoms with Crippen LogP contribution in [0.25, 0.3) is 0 Å². The Morgan fingerprint density at radius 3 is 1.88 bits per heavy atom. The van der Waals surface area contributed by atoms with Gasteiger partial charge in [-0.05, 0) is 29.5 Å². The van der Waals surface area contributed by atoms with Crippen molar-refractivity contribution in [1.29, 1.82) is 0 Å². The monoisotopic (exact) mass is 428 g/mol. The molecular formula is C27H28N2O3. The first-order valence-corrected chi connectivity index (χ1v) is 11.0. The molecular weight excluding hydrogens is 400 g/mol. The third-order valence-electron chi connectivity index (χ3n) is 5.44. The Kier molecular flexibility index (Phi) is 7.31. The van der Waals surface area contributed by atoms with E-state index in [2.05, 4.69) is 10.6 Å². The number of benzene rings is 3. The molecule has 1 saturated carbocycles. The van der Waals surface area contributed by atoms with Crippen LogP contribution in [0.2, 0.25) is 0 Å². The van der Waals surface area contributed by atoms with Crippen LogP contribution < -0.4 is 10.6 Å². The van der Waals surface area contributed by atoms with Crippen molar-refractivity contribution in [2.75, 3.05) is 6.61 Å². The van der Waals surface area contributed by atoms with Crippen molar-refractivity contribution in [3.63, 3.8) is 0 Å². The molecule has 1 atom stereocenters. The fourth-order valence-corrected chi connectivity index (χ4v) is 3.62. The normalized spacial score (nSPS) is 14.0. The minimum absolute atomic E-state index is 0.142. The quantitative estimate of drug-likeness (QED) is 0.516. The molecule has 5 heteroatoms. The van der Waals surface area contributed by atoms with E-state index in [9.17, 15) is 9.59 Å². The van der Waals surface area contributed by atoms with Gasteiger partial charge >= 0.3 is 0 Å². The molecule has 1 fully saturated rings. The molecule has 0 aliphatic heterocycles. The fraction of sp³-hybridized carbons (Fsp3) is 0.259. The van der Waals surface area contributed by atoms with Crippen LogP contribution in [0.15, 0.2) is 91.0 Å². The van der Waals surface area contributed by atoms with Crippen molar-refractivity contribution in [1.82, 2.24) is 10.6 Å². The highest BCUT2D eigenvalue weighted by Gasteiger charge is 2.29. The molecule has 0 heterocycles. The van der Waals surface area contributed by atoms with Gasteiger partial charge in [-0.3, -0.25) is 9.59 Å². The van der Waals surface area contributed by atoms with Crippen molar-refractivity contribution < 1.29 is 14.3 Å². The summed E-state index contributed by atoms with van der Waals surface area (Å²) in [5.41, 5.74) is 2.94. The maximum atomic E-state index is 12.8. The van der Waals surface area contributed by atoms with Gasteiger partial charge < -0.3 is 15.4 Å². The van der Waals surface area contributed by atoms with Gasteiger partial charge in [-0.1, -0.05) is 91.0 Å². The first kappa shape index (κ1) is 21.8. The van der Waals surface area contributed by atoms with Crippen LogP contribution in [0, 0.1) is 0 Å². The second-order valence-corrected chi connectivity index (χ2v) is 8.11. The highest BCUT2D eigenvalue weighted by atomic mass is 16.5. The zero-order valence-electron chi connectivity index (χ0n) is 17.9. The molecule has 2 N–H and O–H groups in total. The van der Waals surface area contributed by atoms with Gasteiger partial charge in [-0.15, -0.1) is 0 Å². The zero-order valence-corrected chi connectivity index (χ0v) is 17.9. The number of hydrogen-bond acceptors (Lipinski definition) is 3. The number of hydrogen-bond donors (Lipinski definition) is 2. The van der Waals surface area contributed by atoms with Crippen LogP contribution in [0.1, 0.15) is 35.6 Å². The number of carbonyl (C=O) groups excluding carboxylic acids is 2. The number of nitrogens with one attached hydrogen (secondary N) is 2. The summed E-state index contributed by atoms with van der Waals surface area (Å²) in [6.07, 6.45) is 2.07. The lowest BCUT2D eigenvalue weighted by molar-refractivity contribution is -0.132. The number of carbonyl (C=O) groups is 2. The summed E-state index contributed by atoms with van der Waals surface area (Å²) in [5.74, 6) is -0.457. The van der Waals surface area contributed by atoms with E-state index < -0.39 is 6.04 Å². The SMILES string of the molecule is O=C(COC(c1ccccc1)c1ccccc1)NC(Cc1ccccc1)C(=O)NC1CC1. The molecule has 3 aromatic carbocycles. The van der Waals surface area contributed by atoms with Gasteiger partial charge in [-0.25, -0.2) is 0 Å². The average Bonchev–Trinajstić information content (AvgIpc) is 3.65. The summed E-state index contributed by atoms with van der Waals surface area (Å²) in [7, 11) is 0. The summed E-state index contributed by atoms with van der Waals surface area (Å²) in [6, 6.07) is 28.9. The molecule has 2 amide bonds. The van der Waals surface area contributed by atoms with Crippen molar-refractivity contribution in [3.8, 4) is 0 Å². The van der Waals surface area contributed by atoms with Crippen LogP contribution >= 0.6 is 0 Å². The molecule has 0 radical (unpaired) electrons. The van der Waals surface area contributed by atoms with Crippen LogP contribution in [0.3, 0.4) is 0 Å². The van der Waals surface area contributed by atoms with E-state index in [0.717, 1.165) is 29.5 Å². The molecule has 0 spiro atoms. The largest absolute Gasteiger partial charge is 0.359 e. The minimum atomic E-state index is -0.638. The highest BCUT2D eigenvalue weighted by molar-refractivity contribution is 5.88. The van der Waals surface area contributed by atoms with Crippen molar-refractivity contribution >= 4 is 11.8 Å². The van der Waals surface area contributed by atoms with Crippen LogP contribution in [0.5, 0.6) is 0 Å². The highest BCUT2D eigenvalue weighted by Crippen LogP contribution is 2.25. The smallest absolute Gasteiger partial charge is 0.246 e. The van der Waals surface area contributed by atoms with E-state index in [4.69, 9.17) is 4.74 Å². The van der Waals surface area contributed by atoms with Crippen LogP contribution in [-0.2, 0) is 20.7 Å². The number of rotatable bonds is 10. The lowest BCUT2D eigenvalue weighted by Gasteiger charge is -2.21. The van der Waals surface area contributed by atoms with Crippen LogP contribution in [-0.4, -0.2) is 30.5 Å². The van der Waals surface area contributed by atoms with Gasteiger partial charge in [0.05, 0.1) is 0 Å². The van der Waals surface area contributed by atoms with Crippen molar-refractivity contribution in [2.24, 2.45) is 0 Å². The predicted molar refractivity (Wildman–Crippen MR) is 124 cm³/mol. The van der Waals surface area contributed by atoms with Crippen LogP contribution in [0.4, 0.5) is 0 Å². The molecule has 164 valence electrons. The molecule has 5 nitrogen and oxygen atoms in total. The Balaban J connectivity index is 1.42. The van der Waals surface area contributed by atoms with Gasteiger partial charge in [0.15, 0.2) is 0 Å². The summed E-state index contributed by atoms with van der Waals surface area (Å²) in [5, 5.41) is 5.88. The molecule has 0 aromatic heterocycles. The third kappa shape index (κ3) is 6.28. The molecule has 1 unspecified atom stereocenters. The minimum Gasteiger partial charge on any atom is -0.359 e. The third-order valence-corrected chi connectivity index (χ3v) is 5.44. The Hall–Kier alpha value is -3.44. The second kappa shape index (κ2) is 10.7. The maximum absolute atomic E-state index is 12.8. The average molecular weight is 429 g/mol. The number of amides is 2. The van der Waals surface area contributed by atoms with E-state index in [1.807, 2.05) is 91.0 Å². The fourth-order valence-electron chi connectivity index (χ4n) is 3.62. The molecule has 32 heavy (non-hydrogen) atoms. The molecule has 4 rings (SSSR count). The Morgan fingerprint density at radius 2 is 1.34 bits per heavy atom. The van der Waals surface area contributed by atoms with E-state index in [-0.39, 0.29) is 30.6 Å². The molecule has 0 saturated heterocycles. The molecule has 0 bridgehead atoms. The van der Waals surface area contributed by atoms with Crippen molar-refractivity contribution in [2.45, 2.75) is 37.5 Å². The predicted octanol–water partition coefficient (Wildman–Crippen LogP) is 3.80. The summed E-state index contributed by atoms with van der Waals surface area (Å²) in [6.45, 7) is -0.142. The maximum Gasteiger partial charge on any atom is 0.246 e. The van der Waals surface area contributed by atoms with E-state index >= 15 is 0 Å². The topological polar surface area (TPSA) is 67.4 Å². The zero-order chi connectivity index (χ0) is 22.2. The molecule has 1 aliphatic rings. The summed E-state index contributed by atoms with van der Waals surface area (Å²) >= 11 is 0. The summed E-state index contributed by atoms with van der Waals surface area (Å²) in [4.78, 5) is 25.5. The van der Waals surface area contributed by atoms with Gasteiger partial charge in [0, 0.05) is 12.5 Å². The van der Waals surface area contributed by atoms with E-state index in [1.165, 1.54) is 0 Å². The lowest BCUT2D eigenvalue weighted by atomic mass is 10.0. The van der Waals surface area contributed by atoms with Gasteiger partial charge in [0.1, 0.15) is 18.8 Å². The van der Waals surface area contributed by atoms with Crippen molar-refractivity contribution in [3.05, 3.63) is 108 Å². The Morgan fingerprint density at radius 1 is 0.812 bits per heavy atom. The van der Waals surface area contributed by atoms with Gasteiger partial charge in [0.2, 0.25) is 11.8 Å². The Labute approximate surface area is 188 Å². The Bertz CT molecular complexity index is 965.